The van der Waals surface area contributed by atoms with E-state index >= 15 is 0 Å². The lowest BCUT2D eigenvalue weighted by Gasteiger charge is -2.06. The zero-order chi connectivity index (χ0) is 9.56. The Morgan fingerprint density at radius 3 is 2.67 bits per heavy atom. The fourth-order valence-electron chi connectivity index (χ4n) is 0.659. The molecule has 1 atom stereocenters. The number of halogens is 1. The third-order valence-corrected chi connectivity index (χ3v) is 1.89. The molecule has 0 aliphatic rings. The van der Waals surface area contributed by atoms with E-state index in [1.54, 1.807) is 0 Å². The monoisotopic (exact) mass is 236 g/mol. The smallest absolute Gasteiger partial charge is 0.214 e. The van der Waals surface area contributed by atoms with E-state index in [-0.39, 0.29) is 10.7 Å². The lowest BCUT2D eigenvalue weighted by atomic mass is 10.2. The maximum absolute atomic E-state index is 10.6. The van der Waals surface area contributed by atoms with Crippen molar-refractivity contribution < 1.29 is 4.79 Å². The van der Waals surface area contributed by atoms with E-state index in [1.165, 1.54) is 0 Å². The molecule has 0 saturated carbocycles. The second-order valence-corrected chi connectivity index (χ2v) is 3.17. The van der Waals surface area contributed by atoms with E-state index in [2.05, 4.69) is 21.2 Å². The fraction of sp³-hybridized carbons (Fsp3) is 0.667. The minimum absolute atomic E-state index is 0.0614. The maximum atomic E-state index is 10.6. The standard InChI is InChI=1S/C6H13BrN4O/c7-5(12)4(8)2-1-3-11-6(9)10/h4H,1-3,8H2,(H4,9,10,11)/t4-/m0/s1. The summed E-state index contributed by atoms with van der Waals surface area (Å²) in [6, 6.07) is -0.459. The normalized spacial score (nSPS) is 12.2. The van der Waals surface area contributed by atoms with Crippen LogP contribution < -0.4 is 16.8 Å². The molecule has 0 aromatic carbocycles. The van der Waals surface area contributed by atoms with Crippen molar-refractivity contribution in [1.82, 2.24) is 5.32 Å². The quantitative estimate of drug-likeness (QED) is 0.224. The van der Waals surface area contributed by atoms with Crippen molar-refractivity contribution in [2.45, 2.75) is 18.9 Å². The Balaban J connectivity index is 3.31. The average molecular weight is 237 g/mol. The summed E-state index contributed by atoms with van der Waals surface area (Å²) in [7, 11) is 0. The Hall–Kier alpha value is -0.620. The molecule has 0 amide bonds. The first kappa shape index (κ1) is 11.4. The van der Waals surface area contributed by atoms with Crippen LogP contribution in [0.1, 0.15) is 12.8 Å². The van der Waals surface area contributed by atoms with Crippen molar-refractivity contribution in [2.75, 3.05) is 6.54 Å². The molecule has 0 saturated heterocycles. The van der Waals surface area contributed by atoms with Crippen LogP contribution in [0.5, 0.6) is 0 Å². The van der Waals surface area contributed by atoms with Gasteiger partial charge in [-0.15, -0.1) is 0 Å². The molecule has 12 heavy (non-hydrogen) atoms. The molecule has 0 radical (unpaired) electrons. The van der Waals surface area contributed by atoms with E-state index in [4.69, 9.17) is 16.9 Å². The van der Waals surface area contributed by atoms with Crippen LogP contribution in [0, 0.1) is 5.41 Å². The van der Waals surface area contributed by atoms with Gasteiger partial charge in [-0.3, -0.25) is 10.2 Å². The average Bonchev–Trinajstić information content (AvgIpc) is 1.97. The Labute approximate surface area is 79.5 Å². The van der Waals surface area contributed by atoms with Gasteiger partial charge in [0, 0.05) is 6.54 Å². The summed E-state index contributed by atoms with van der Waals surface area (Å²) in [5.41, 5.74) is 10.5. The van der Waals surface area contributed by atoms with Crippen LogP contribution in [0.15, 0.2) is 0 Å². The lowest BCUT2D eigenvalue weighted by molar-refractivity contribution is -0.111. The molecule has 70 valence electrons. The van der Waals surface area contributed by atoms with Gasteiger partial charge >= 0.3 is 0 Å². The lowest BCUT2D eigenvalue weighted by Crippen LogP contribution is -2.33. The van der Waals surface area contributed by atoms with Gasteiger partial charge in [0.2, 0.25) is 4.69 Å². The number of nitrogens with one attached hydrogen (secondary N) is 2. The van der Waals surface area contributed by atoms with E-state index in [1.807, 2.05) is 0 Å². The highest BCUT2D eigenvalue weighted by Crippen LogP contribution is 1.98. The van der Waals surface area contributed by atoms with E-state index in [0.717, 1.165) is 6.42 Å². The van der Waals surface area contributed by atoms with Crippen molar-refractivity contribution in [1.29, 1.82) is 5.41 Å². The van der Waals surface area contributed by atoms with E-state index in [9.17, 15) is 4.79 Å². The van der Waals surface area contributed by atoms with Crippen LogP contribution in [0.4, 0.5) is 0 Å². The molecule has 0 heterocycles. The van der Waals surface area contributed by atoms with Crippen LogP contribution >= 0.6 is 15.9 Å². The summed E-state index contributed by atoms with van der Waals surface area (Å²) >= 11 is 2.77. The zero-order valence-corrected chi connectivity index (χ0v) is 8.23. The molecule has 0 aromatic rings. The first-order chi connectivity index (χ1) is 5.54. The van der Waals surface area contributed by atoms with Gasteiger partial charge in [0.1, 0.15) is 0 Å². The number of rotatable bonds is 5. The molecular formula is C6H13BrN4O. The van der Waals surface area contributed by atoms with Crippen LogP contribution in [-0.2, 0) is 4.79 Å². The molecule has 0 unspecified atom stereocenters. The summed E-state index contributed by atoms with van der Waals surface area (Å²) in [6.45, 7) is 0.573. The maximum Gasteiger partial charge on any atom is 0.214 e. The van der Waals surface area contributed by atoms with Gasteiger partial charge < -0.3 is 16.8 Å². The number of guanidine groups is 1. The molecule has 0 spiro atoms. The number of nitrogens with two attached hydrogens (primary N) is 2. The summed E-state index contributed by atoms with van der Waals surface area (Å²) < 4.78 is -0.190. The summed E-state index contributed by atoms with van der Waals surface area (Å²) in [5, 5.41) is 9.44. The third kappa shape index (κ3) is 6.11. The van der Waals surface area contributed by atoms with Gasteiger partial charge in [-0.05, 0) is 28.8 Å². The Morgan fingerprint density at radius 1 is 1.67 bits per heavy atom. The molecule has 0 aromatic heterocycles. The summed E-state index contributed by atoms with van der Waals surface area (Å²) in [5.74, 6) is -0.0614. The van der Waals surface area contributed by atoms with Gasteiger partial charge in [-0.25, -0.2) is 0 Å². The van der Waals surface area contributed by atoms with Crippen molar-refractivity contribution >= 4 is 26.6 Å². The molecule has 0 aliphatic heterocycles. The van der Waals surface area contributed by atoms with Crippen LogP contribution in [0.25, 0.3) is 0 Å². The van der Waals surface area contributed by atoms with E-state index in [0.29, 0.717) is 13.0 Å². The Bertz CT molecular complexity index is 173. The minimum Gasteiger partial charge on any atom is -0.370 e. The Morgan fingerprint density at radius 2 is 2.25 bits per heavy atom. The molecule has 6 N–H and O–H groups in total. The number of carbonyl (C=O) groups is 1. The van der Waals surface area contributed by atoms with Crippen molar-refractivity contribution in [3.05, 3.63) is 0 Å². The molecule has 0 rings (SSSR count). The zero-order valence-electron chi connectivity index (χ0n) is 6.64. The molecule has 0 aliphatic carbocycles. The largest absolute Gasteiger partial charge is 0.370 e. The van der Waals surface area contributed by atoms with Gasteiger partial charge in [-0.1, -0.05) is 0 Å². The number of carbonyl (C=O) groups excluding carboxylic acids is 1. The molecule has 0 fully saturated rings. The first-order valence-electron chi connectivity index (χ1n) is 3.57. The van der Waals surface area contributed by atoms with Gasteiger partial charge in [0.25, 0.3) is 0 Å². The van der Waals surface area contributed by atoms with E-state index < -0.39 is 6.04 Å². The van der Waals surface area contributed by atoms with Gasteiger partial charge in [0.05, 0.1) is 6.04 Å². The summed E-state index contributed by atoms with van der Waals surface area (Å²) in [4.78, 5) is 10.6. The van der Waals surface area contributed by atoms with Crippen LogP contribution in [0.3, 0.4) is 0 Å². The second-order valence-electron chi connectivity index (χ2n) is 2.39. The van der Waals surface area contributed by atoms with Crippen LogP contribution in [0.2, 0.25) is 0 Å². The molecule has 0 bridgehead atoms. The van der Waals surface area contributed by atoms with Crippen molar-refractivity contribution in [3.63, 3.8) is 0 Å². The Kier molecular flexibility index (Phi) is 5.65. The highest BCUT2D eigenvalue weighted by atomic mass is 79.9. The molecule has 5 nitrogen and oxygen atoms in total. The fourth-order valence-corrected chi connectivity index (χ4v) is 0.887. The number of hydrogen-bond acceptors (Lipinski definition) is 3. The van der Waals surface area contributed by atoms with Crippen molar-refractivity contribution in [3.8, 4) is 0 Å². The summed E-state index contributed by atoms with van der Waals surface area (Å²) in [6.07, 6.45) is 1.31. The van der Waals surface area contributed by atoms with Crippen LogP contribution in [-0.4, -0.2) is 23.2 Å². The topological polar surface area (TPSA) is 105 Å². The predicted molar refractivity (Wildman–Crippen MR) is 51.1 cm³/mol. The highest BCUT2D eigenvalue weighted by molar-refractivity contribution is 9.18. The minimum atomic E-state index is -0.459. The second kappa shape index (κ2) is 5.96. The molecule has 6 heteroatoms. The SMILES string of the molecule is N=C(N)NCCC[C@H](N)C(=O)Br. The predicted octanol–water partition coefficient (Wildman–Crippen LogP) is -0.502. The third-order valence-electron chi connectivity index (χ3n) is 1.30. The molecular weight excluding hydrogens is 224 g/mol. The van der Waals surface area contributed by atoms with Crippen molar-refractivity contribution in [2.24, 2.45) is 11.5 Å². The van der Waals surface area contributed by atoms with Gasteiger partial charge in [0.15, 0.2) is 5.96 Å². The van der Waals surface area contributed by atoms with Gasteiger partial charge in [-0.2, -0.15) is 0 Å². The first-order valence-corrected chi connectivity index (χ1v) is 4.36. The highest BCUT2D eigenvalue weighted by Gasteiger charge is 2.08. The number of hydrogen-bond donors (Lipinski definition) is 4.